The van der Waals surface area contributed by atoms with Crippen LogP contribution in [0, 0.1) is 0 Å². The van der Waals surface area contributed by atoms with Gasteiger partial charge in [-0.2, -0.15) is 0 Å². The predicted octanol–water partition coefficient (Wildman–Crippen LogP) is 0.635. The fourth-order valence-electron chi connectivity index (χ4n) is 1.63. The van der Waals surface area contributed by atoms with Crippen molar-refractivity contribution in [2.45, 2.75) is 24.3 Å². The second kappa shape index (κ2) is 7.39. The van der Waals surface area contributed by atoms with E-state index in [0.717, 1.165) is 0 Å². The van der Waals surface area contributed by atoms with E-state index in [1.165, 1.54) is 32.4 Å². The van der Waals surface area contributed by atoms with Gasteiger partial charge in [0.15, 0.2) is 0 Å². The molecule has 0 aromatic heterocycles. The Bertz CT molecular complexity index is 599. The third-order valence-corrected chi connectivity index (χ3v) is 4.39. The average molecular weight is 317 g/mol. The molecule has 7 nitrogen and oxygen atoms in total. The second-order valence-corrected chi connectivity index (χ2v) is 6.18. The molecule has 0 amide bonds. The average Bonchev–Trinajstić information content (AvgIpc) is 2.43. The molecular formula is C13H19NO6S. The number of ether oxygens (including phenoxy) is 2. The molecule has 0 spiro atoms. The highest BCUT2D eigenvalue weighted by molar-refractivity contribution is 7.89. The molecule has 0 heterocycles. The van der Waals surface area contributed by atoms with Gasteiger partial charge in [0.2, 0.25) is 10.0 Å². The minimum atomic E-state index is -3.82. The van der Waals surface area contributed by atoms with Crippen molar-refractivity contribution in [1.82, 2.24) is 4.72 Å². The summed E-state index contributed by atoms with van der Waals surface area (Å²) in [7, 11) is -0.918. The van der Waals surface area contributed by atoms with Gasteiger partial charge in [0.25, 0.3) is 0 Å². The van der Waals surface area contributed by atoms with Crippen molar-refractivity contribution in [3.05, 3.63) is 23.8 Å². The molecule has 0 saturated heterocycles. The Balaban J connectivity index is 3.12. The molecule has 118 valence electrons. The SMILES string of the molecule is COc1ccc(S(=O)(=O)NCC(C)OC)c(CC(=O)O)c1. The number of carboxylic acid groups (broad SMARTS) is 1. The maximum Gasteiger partial charge on any atom is 0.307 e. The van der Waals surface area contributed by atoms with E-state index in [1.54, 1.807) is 6.92 Å². The van der Waals surface area contributed by atoms with E-state index in [2.05, 4.69) is 4.72 Å². The highest BCUT2D eigenvalue weighted by Crippen LogP contribution is 2.22. The first kappa shape index (κ1) is 17.4. The van der Waals surface area contributed by atoms with Crippen LogP contribution in [0.2, 0.25) is 0 Å². The fourth-order valence-corrected chi connectivity index (χ4v) is 2.97. The normalized spacial score (nSPS) is 12.9. The van der Waals surface area contributed by atoms with E-state index < -0.39 is 22.4 Å². The lowest BCUT2D eigenvalue weighted by molar-refractivity contribution is -0.136. The van der Waals surface area contributed by atoms with Gasteiger partial charge in [0, 0.05) is 13.7 Å². The molecule has 21 heavy (non-hydrogen) atoms. The first-order valence-electron chi connectivity index (χ1n) is 6.21. The van der Waals surface area contributed by atoms with Gasteiger partial charge < -0.3 is 14.6 Å². The Morgan fingerprint density at radius 3 is 2.57 bits per heavy atom. The molecule has 0 radical (unpaired) electrons. The van der Waals surface area contributed by atoms with E-state index in [1.807, 2.05) is 0 Å². The highest BCUT2D eigenvalue weighted by Gasteiger charge is 2.21. The minimum Gasteiger partial charge on any atom is -0.497 e. The molecule has 1 rings (SSSR count). The molecule has 0 saturated carbocycles. The van der Waals surface area contributed by atoms with Crippen LogP contribution in [0.4, 0.5) is 0 Å². The van der Waals surface area contributed by atoms with Gasteiger partial charge in [-0.25, -0.2) is 13.1 Å². The van der Waals surface area contributed by atoms with Crippen LogP contribution in [0.25, 0.3) is 0 Å². The molecule has 0 aliphatic heterocycles. The largest absolute Gasteiger partial charge is 0.497 e. The molecule has 2 N–H and O–H groups in total. The molecule has 0 fully saturated rings. The standard InChI is InChI=1S/C13H19NO6S/c1-9(19-2)8-14-21(17,18)12-5-4-11(20-3)6-10(12)7-13(15)16/h4-6,9,14H,7-8H2,1-3H3,(H,15,16). The van der Waals surface area contributed by atoms with Gasteiger partial charge in [-0.15, -0.1) is 0 Å². The van der Waals surface area contributed by atoms with Crippen LogP contribution in [0.15, 0.2) is 23.1 Å². The van der Waals surface area contributed by atoms with Crippen molar-refractivity contribution in [2.75, 3.05) is 20.8 Å². The summed E-state index contributed by atoms with van der Waals surface area (Å²) in [5.41, 5.74) is 0.166. The first-order valence-corrected chi connectivity index (χ1v) is 7.69. The van der Waals surface area contributed by atoms with E-state index >= 15 is 0 Å². The van der Waals surface area contributed by atoms with Crippen molar-refractivity contribution in [1.29, 1.82) is 0 Å². The summed E-state index contributed by atoms with van der Waals surface area (Å²) < 4.78 is 36.9. The maximum atomic E-state index is 12.3. The highest BCUT2D eigenvalue weighted by atomic mass is 32.2. The van der Waals surface area contributed by atoms with Crippen LogP contribution in [0.5, 0.6) is 5.75 Å². The summed E-state index contributed by atoms with van der Waals surface area (Å²) in [6, 6.07) is 4.21. The number of nitrogens with one attached hydrogen (secondary N) is 1. The maximum absolute atomic E-state index is 12.3. The van der Waals surface area contributed by atoms with Gasteiger partial charge in [0.05, 0.1) is 24.5 Å². The lowest BCUT2D eigenvalue weighted by Crippen LogP contribution is -2.32. The molecule has 1 atom stereocenters. The predicted molar refractivity (Wildman–Crippen MR) is 76.0 cm³/mol. The Morgan fingerprint density at radius 2 is 2.05 bits per heavy atom. The van der Waals surface area contributed by atoms with Crippen molar-refractivity contribution in [3.8, 4) is 5.75 Å². The fraction of sp³-hybridized carbons (Fsp3) is 0.462. The quantitative estimate of drug-likeness (QED) is 0.729. The van der Waals surface area contributed by atoms with Gasteiger partial charge in [-0.3, -0.25) is 4.79 Å². The van der Waals surface area contributed by atoms with Crippen molar-refractivity contribution in [2.24, 2.45) is 0 Å². The molecule has 8 heteroatoms. The number of hydrogen-bond donors (Lipinski definition) is 2. The number of carboxylic acids is 1. The van der Waals surface area contributed by atoms with Crippen molar-refractivity contribution in [3.63, 3.8) is 0 Å². The van der Waals surface area contributed by atoms with Crippen LogP contribution in [-0.2, 0) is 26.0 Å². The molecule has 1 aromatic carbocycles. The Labute approximate surface area is 123 Å². The lowest BCUT2D eigenvalue weighted by atomic mass is 10.1. The molecule has 0 aliphatic carbocycles. The van der Waals surface area contributed by atoms with Crippen LogP contribution in [0.3, 0.4) is 0 Å². The van der Waals surface area contributed by atoms with E-state index in [0.29, 0.717) is 5.75 Å². The van der Waals surface area contributed by atoms with Crippen LogP contribution in [0.1, 0.15) is 12.5 Å². The Kier molecular flexibility index (Phi) is 6.13. The topological polar surface area (TPSA) is 102 Å². The molecular weight excluding hydrogens is 298 g/mol. The number of benzene rings is 1. The summed E-state index contributed by atoms with van der Waals surface area (Å²) in [6.07, 6.45) is -0.700. The van der Waals surface area contributed by atoms with Gasteiger partial charge >= 0.3 is 5.97 Å². The van der Waals surface area contributed by atoms with Crippen molar-refractivity contribution < 1.29 is 27.8 Å². The van der Waals surface area contributed by atoms with E-state index in [-0.39, 0.29) is 23.1 Å². The van der Waals surface area contributed by atoms with E-state index in [4.69, 9.17) is 14.6 Å². The summed E-state index contributed by atoms with van der Waals surface area (Å²) in [4.78, 5) is 10.8. The summed E-state index contributed by atoms with van der Waals surface area (Å²) in [5, 5.41) is 8.90. The molecule has 1 aromatic rings. The van der Waals surface area contributed by atoms with Crippen molar-refractivity contribution >= 4 is 16.0 Å². The lowest BCUT2D eigenvalue weighted by Gasteiger charge is -2.14. The van der Waals surface area contributed by atoms with E-state index in [9.17, 15) is 13.2 Å². The number of carbonyl (C=O) groups is 1. The number of rotatable bonds is 8. The first-order chi connectivity index (χ1) is 9.80. The van der Waals surface area contributed by atoms with Crippen LogP contribution >= 0.6 is 0 Å². The van der Waals surface area contributed by atoms with Gasteiger partial charge in [0.1, 0.15) is 5.75 Å². The number of sulfonamides is 1. The summed E-state index contributed by atoms with van der Waals surface area (Å²) >= 11 is 0. The Hall–Kier alpha value is -1.64. The number of methoxy groups -OCH3 is 2. The smallest absolute Gasteiger partial charge is 0.307 e. The molecule has 0 bridgehead atoms. The zero-order valence-electron chi connectivity index (χ0n) is 12.1. The zero-order chi connectivity index (χ0) is 16.0. The molecule has 1 unspecified atom stereocenters. The Morgan fingerprint density at radius 1 is 1.38 bits per heavy atom. The van der Waals surface area contributed by atoms with Gasteiger partial charge in [-0.1, -0.05) is 0 Å². The minimum absolute atomic E-state index is 0.0750. The second-order valence-electron chi connectivity index (χ2n) is 4.44. The monoisotopic (exact) mass is 317 g/mol. The number of hydrogen-bond acceptors (Lipinski definition) is 5. The summed E-state index contributed by atoms with van der Waals surface area (Å²) in [6.45, 7) is 1.81. The third kappa shape index (κ3) is 5.00. The molecule has 0 aliphatic rings. The zero-order valence-corrected chi connectivity index (χ0v) is 12.9. The third-order valence-electron chi connectivity index (χ3n) is 2.86. The summed E-state index contributed by atoms with van der Waals surface area (Å²) in [5.74, 6) is -0.722. The van der Waals surface area contributed by atoms with Crippen LogP contribution in [-0.4, -0.2) is 46.4 Å². The van der Waals surface area contributed by atoms with Crippen LogP contribution < -0.4 is 9.46 Å². The van der Waals surface area contributed by atoms with Gasteiger partial charge in [-0.05, 0) is 30.7 Å². The number of aliphatic carboxylic acids is 1.